The van der Waals surface area contributed by atoms with Crippen LogP contribution in [0.2, 0.25) is 0 Å². The SMILES string of the molecule is CCOC(=O)c1ccccc1-c1ccccc1C(=O)N(O)C(C)c1ccc(N2CCN(c3ccccc3)CC2)cc1. The van der Waals surface area contributed by atoms with Crippen LogP contribution in [0.25, 0.3) is 11.1 Å². The first-order valence-corrected chi connectivity index (χ1v) is 14.0. The lowest BCUT2D eigenvalue weighted by atomic mass is 9.94. The summed E-state index contributed by atoms with van der Waals surface area (Å²) in [7, 11) is 0. The third kappa shape index (κ3) is 6.10. The van der Waals surface area contributed by atoms with Crippen LogP contribution in [0.5, 0.6) is 0 Å². The average Bonchev–Trinajstić information content (AvgIpc) is 3.04. The summed E-state index contributed by atoms with van der Waals surface area (Å²) in [5.74, 6) is -1.01. The fraction of sp³-hybridized carbons (Fsp3) is 0.235. The zero-order valence-electron chi connectivity index (χ0n) is 23.4. The number of nitrogens with zero attached hydrogens (tertiary/aromatic N) is 3. The molecule has 1 fully saturated rings. The summed E-state index contributed by atoms with van der Waals surface area (Å²) in [6.45, 7) is 7.51. The third-order valence-electron chi connectivity index (χ3n) is 7.59. The van der Waals surface area contributed by atoms with Gasteiger partial charge in [-0.25, -0.2) is 9.86 Å². The smallest absolute Gasteiger partial charge is 0.338 e. The first-order valence-electron chi connectivity index (χ1n) is 14.0. The normalized spacial score (nSPS) is 13.9. The van der Waals surface area contributed by atoms with Crippen molar-refractivity contribution in [3.05, 3.63) is 120 Å². The molecule has 7 heteroatoms. The van der Waals surface area contributed by atoms with Gasteiger partial charge < -0.3 is 14.5 Å². The van der Waals surface area contributed by atoms with E-state index in [1.54, 1.807) is 56.3 Å². The van der Waals surface area contributed by atoms with Crippen LogP contribution < -0.4 is 9.80 Å². The number of piperazine rings is 1. The van der Waals surface area contributed by atoms with E-state index in [-0.39, 0.29) is 6.61 Å². The number of esters is 1. The predicted molar refractivity (Wildman–Crippen MR) is 162 cm³/mol. The van der Waals surface area contributed by atoms with Crippen molar-refractivity contribution in [1.29, 1.82) is 0 Å². The lowest BCUT2D eigenvalue weighted by molar-refractivity contribution is -0.0853. The molecule has 4 aromatic carbocycles. The Balaban J connectivity index is 1.29. The molecule has 41 heavy (non-hydrogen) atoms. The van der Waals surface area contributed by atoms with Crippen molar-refractivity contribution in [1.82, 2.24) is 5.06 Å². The maximum atomic E-state index is 13.6. The third-order valence-corrected chi connectivity index (χ3v) is 7.59. The van der Waals surface area contributed by atoms with E-state index in [0.29, 0.717) is 22.3 Å². The van der Waals surface area contributed by atoms with Crippen LogP contribution in [0.4, 0.5) is 11.4 Å². The molecule has 1 aliphatic heterocycles. The fourth-order valence-electron chi connectivity index (χ4n) is 5.28. The van der Waals surface area contributed by atoms with Gasteiger partial charge in [0.1, 0.15) is 0 Å². The summed E-state index contributed by atoms with van der Waals surface area (Å²) in [5.41, 5.74) is 4.97. The number of hydroxylamine groups is 2. The molecule has 7 nitrogen and oxygen atoms in total. The molecule has 4 aromatic rings. The molecule has 1 saturated heterocycles. The number of rotatable bonds is 8. The largest absolute Gasteiger partial charge is 0.462 e. The van der Waals surface area contributed by atoms with E-state index in [1.165, 1.54) is 5.69 Å². The first kappa shape index (κ1) is 27.9. The molecule has 0 aromatic heterocycles. The van der Waals surface area contributed by atoms with E-state index in [2.05, 4.69) is 34.1 Å². The number of carbonyl (C=O) groups is 2. The molecule has 0 aliphatic carbocycles. The molecule has 0 bridgehead atoms. The number of benzene rings is 4. The Hall–Kier alpha value is -4.62. The Labute approximate surface area is 241 Å². The molecule has 0 spiro atoms. The van der Waals surface area contributed by atoms with Crippen molar-refractivity contribution in [3.8, 4) is 11.1 Å². The van der Waals surface area contributed by atoms with Crippen molar-refractivity contribution in [2.24, 2.45) is 0 Å². The second-order valence-corrected chi connectivity index (χ2v) is 10.0. The lowest BCUT2D eigenvalue weighted by Crippen LogP contribution is -2.46. The van der Waals surface area contributed by atoms with Gasteiger partial charge in [-0.15, -0.1) is 0 Å². The molecule has 1 aliphatic rings. The maximum absolute atomic E-state index is 13.6. The number of carbonyl (C=O) groups excluding carboxylic acids is 2. The maximum Gasteiger partial charge on any atom is 0.338 e. The minimum Gasteiger partial charge on any atom is -0.462 e. The Morgan fingerprint density at radius 2 is 1.22 bits per heavy atom. The van der Waals surface area contributed by atoms with Gasteiger partial charge in [0.25, 0.3) is 5.91 Å². The summed E-state index contributed by atoms with van der Waals surface area (Å²) in [4.78, 5) is 30.9. The van der Waals surface area contributed by atoms with Gasteiger partial charge in [-0.2, -0.15) is 0 Å². The van der Waals surface area contributed by atoms with Gasteiger partial charge >= 0.3 is 5.97 Å². The molecule has 210 valence electrons. The van der Waals surface area contributed by atoms with Gasteiger partial charge in [0.05, 0.1) is 18.2 Å². The molecule has 0 saturated carbocycles. The molecular weight excluding hydrogens is 514 g/mol. The summed E-state index contributed by atoms with van der Waals surface area (Å²) in [5, 5.41) is 11.8. The second-order valence-electron chi connectivity index (χ2n) is 10.0. The average molecular weight is 550 g/mol. The van der Waals surface area contributed by atoms with Gasteiger partial charge in [-0.05, 0) is 66.9 Å². The number of para-hydroxylation sites is 1. The summed E-state index contributed by atoms with van der Waals surface area (Å²) in [6.07, 6.45) is 0. The van der Waals surface area contributed by atoms with Gasteiger partial charge in [0.15, 0.2) is 0 Å². The lowest BCUT2D eigenvalue weighted by Gasteiger charge is -2.37. The Morgan fingerprint density at radius 1 is 0.732 bits per heavy atom. The molecular formula is C34H35N3O4. The standard InChI is InChI=1S/C34H35N3O4/c1-3-41-34(39)32-16-10-8-14-30(32)29-13-7-9-15-31(29)33(38)37(40)25(2)26-17-19-28(20-18-26)36-23-21-35(22-24-36)27-11-5-4-6-12-27/h4-20,25,40H,3,21-24H2,1-2H3. The Bertz CT molecular complexity index is 1480. The number of amides is 1. The van der Waals surface area contributed by atoms with Crippen molar-refractivity contribution in [2.45, 2.75) is 19.9 Å². The van der Waals surface area contributed by atoms with Crippen LogP contribution in [0.3, 0.4) is 0 Å². The van der Waals surface area contributed by atoms with E-state index in [4.69, 9.17) is 4.74 Å². The number of anilines is 2. The van der Waals surface area contributed by atoms with Gasteiger partial charge in [-0.1, -0.05) is 66.7 Å². The Morgan fingerprint density at radius 3 is 1.80 bits per heavy atom. The summed E-state index contributed by atoms with van der Waals surface area (Å²) in [6, 6.07) is 31.9. The van der Waals surface area contributed by atoms with E-state index in [1.807, 2.05) is 36.4 Å². The quantitative estimate of drug-likeness (QED) is 0.155. The topological polar surface area (TPSA) is 73.3 Å². The monoisotopic (exact) mass is 549 g/mol. The molecule has 1 unspecified atom stereocenters. The second kappa shape index (κ2) is 12.7. The molecule has 1 atom stereocenters. The van der Waals surface area contributed by atoms with Gasteiger partial charge in [0, 0.05) is 43.1 Å². The summed E-state index contributed by atoms with van der Waals surface area (Å²) < 4.78 is 5.22. The predicted octanol–water partition coefficient (Wildman–Crippen LogP) is 6.45. The molecule has 1 N–H and O–H groups in total. The van der Waals surface area contributed by atoms with Crippen LogP contribution in [0, 0.1) is 0 Å². The van der Waals surface area contributed by atoms with Crippen molar-refractivity contribution in [3.63, 3.8) is 0 Å². The zero-order chi connectivity index (χ0) is 28.8. The summed E-state index contributed by atoms with van der Waals surface area (Å²) >= 11 is 0. The van der Waals surface area contributed by atoms with Crippen LogP contribution in [-0.4, -0.2) is 54.9 Å². The minimum absolute atomic E-state index is 0.248. The van der Waals surface area contributed by atoms with Crippen LogP contribution in [0.15, 0.2) is 103 Å². The van der Waals surface area contributed by atoms with Crippen LogP contribution >= 0.6 is 0 Å². The number of ether oxygens (including phenoxy) is 1. The van der Waals surface area contributed by atoms with E-state index < -0.39 is 17.9 Å². The van der Waals surface area contributed by atoms with Crippen molar-refractivity contribution >= 4 is 23.3 Å². The van der Waals surface area contributed by atoms with E-state index in [9.17, 15) is 14.8 Å². The Kier molecular flexibility index (Phi) is 8.65. The van der Waals surface area contributed by atoms with Crippen molar-refractivity contribution < 1.29 is 19.5 Å². The molecule has 0 radical (unpaired) electrons. The number of hydrogen-bond acceptors (Lipinski definition) is 6. The zero-order valence-corrected chi connectivity index (χ0v) is 23.4. The highest BCUT2D eigenvalue weighted by atomic mass is 16.5. The first-order chi connectivity index (χ1) is 20.0. The molecule has 1 heterocycles. The molecule has 1 amide bonds. The van der Waals surface area contributed by atoms with Crippen molar-refractivity contribution in [2.75, 3.05) is 42.6 Å². The van der Waals surface area contributed by atoms with E-state index in [0.717, 1.165) is 42.5 Å². The van der Waals surface area contributed by atoms with Crippen LogP contribution in [0.1, 0.15) is 46.2 Å². The highest BCUT2D eigenvalue weighted by molar-refractivity contribution is 6.04. The highest BCUT2D eigenvalue weighted by Gasteiger charge is 2.26. The molecule has 5 rings (SSSR count). The number of hydrogen-bond donors (Lipinski definition) is 1. The highest BCUT2D eigenvalue weighted by Crippen LogP contribution is 2.31. The van der Waals surface area contributed by atoms with Gasteiger partial charge in [-0.3, -0.25) is 10.0 Å². The minimum atomic E-state index is -0.583. The van der Waals surface area contributed by atoms with Gasteiger partial charge in [0.2, 0.25) is 0 Å². The fourth-order valence-corrected chi connectivity index (χ4v) is 5.28. The van der Waals surface area contributed by atoms with E-state index >= 15 is 0 Å². The van der Waals surface area contributed by atoms with Crippen LogP contribution in [-0.2, 0) is 4.74 Å².